The number of ketones is 1. The number of rotatable bonds is 7. The minimum absolute atomic E-state index is 0.0975. The van der Waals surface area contributed by atoms with Gasteiger partial charge in [-0.25, -0.2) is 0 Å². The fraction of sp³-hybridized carbons (Fsp3) is 0.684. The van der Waals surface area contributed by atoms with Gasteiger partial charge in [0.05, 0.1) is 10.6 Å². The van der Waals surface area contributed by atoms with E-state index in [2.05, 4.69) is 28.8 Å². The number of amides is 1. The van der Waals surface area contributed by atoms with Gasteiger partial charge in [-0.05, 0) is 56.6 Å². The molecule has 0 bridgehead atoms. The van der Waals surface area contributed by atoms with Crippen molar-refractivity contribution in [3.05, 3.63) is 23.5 Å². The normalized spacial score (nSPS) is 32.0. The Labute approximate surface area is 163 Å². The maximum absolute atomic E-state index is 12.4. The van der Waals surface area contributed by atoms with E-state index < -0.39 is 11.9 Å². The molecule has 5 nitrogen and oxygen atoms in total. The van der Waals surface area contributed by atoms with Crippen LogP contribution in [0.4, 0.5) is 0 Å². The molecule has 2 saturated heterocycles. The highest BCUT2D eigenvalue weighted by atomic mass is 32.2. The van der Waals surface area contributed by atoms with Gasteiger partial charge in [0.25, 0.3) is 5.91 Å². The van der Waals surface area contributed by atoms with Gasteiger partial charge < -0.3 is 16.2 Å². The summed E-state index contributed by atoms with van der Waals surface area (Å²) in [6.07, 6.45) is 9.54. The molecule has 0 aromatic heterocycles. The molecule has 3 rings (SSSR count). The standard InChI is InChI=1S/C19H28N2O3S2/c20-8-2-5-14-18(23)17(19(24)21-14)15(22)7-6-12-3-1-4-13(12)11-16-25-9-10-26-16/h6-7,12-14,16,22H,1-5,8-11,20H2,(H,21,24)/t12?,13-,14?/m1/s1. The quantitative estimate of drug-likeness (QED) is 0.348. The molecule has 4 N–H and O–H groups in total. The summed E-state index contributed by atoms with van der Waals surface area (Å²) in [5, 5.41) is 13.0. The van der Waals surface area contributed by atoms with E-state index in [9.17, 15) is 14.7 Å². The van der Waals surface area contributed by atoms with E-state index in [1.54, 1.807) is 6.08 Å². The van der Waals surface area contributed by atoms with Crippen LogP contribution in [-0.4, -0.2) is 45.5 Å². The minimum atomic E-state index is -0.549. The highest BCUT2D eigenvalue weighted by Crippen LogP contribution is 2.43. The fourth-order valence-electron chi connectivity index (χ4n) is 4.05. The van der Waals surface area contributed by atoms with E-state index in [-0.39, 0.29) is 17.1 Å². The number of nitrogens with two attached hydrogens (primary N) is 1. The van der Waals surface area contributed by atoms with Crippen LogP contribution in [0.2, 0.25) is 0 Å². The first-order valence-corrected chi connectivity index (χ1v) is 11.6. The Morgan fingerprint density at radius 3 is 2.77 bits per heavy atom. The van der Waals surface area contributed by atoms with Crippen LogP contribution in [-0.2, 0) is 9.59 Å². The molecule has 2 heterocycles. The third kappa shape index (κ3) is 4.67. The zero-order valence-corrected chi connectivity index (χ0v) is 16.6. The molecule has 1 amide bonds. The third-order valence-corrected chi connectivity index (χ3v) is 8.54. The molecule has 1 aliphatic carbocycles. The summed E-state index contributed by atoms with van der Waals surface area (Å²) in [6.45, 7) is 0.477. The van der Waals surface area contributed by atoms with Crippen LogP contribution >= 0.6 is 23.5 Å². The number of aliphatic hydroxyl groups is 1. The lowest BCUT2D eigenvalue weighted by molar-refractivity contribution is -0.117. The summed E-state index contributed by atoms with van der Waals surface area (Å²) in [7, 11) is 0. The van der Waals surface area contributed by atoms with Crippen LogP contribution in [0.15, 0.2) is 23.5 Å². The number of hydrogen-bond acceptors (Lipinski definition) is 6. The predicted octanol–water partition coefficient (Wildman–Crippen LogP) is 2.77. The molecule has 3 aliphatic rings. The van der Waals surface area contributed by atoms with Crippen molar-refractivity contribution in [3.8, 4) is 0 Å². The van der Waals surface area contributed by atoms with Crippen LogP contribution in [0, 0.1) is 11.8 Å². The number of allylic oxidation sites excluding steroid dienone is 2. The minimum Gasteiger partial charge on any atom is -0.507 e. The molecule has 1 saturated carbocycles. The summed E-state index contributed by atoms with van der Waals surface area (Å²) in [5.74, 6) is 2.58. The lowest BCUT2D eigenvalue weighted by atomic mass is 9.92. The van der Waals surface area contributed by atoms with Crippen molar-refractivity contribution in [3.63, 3.8) is 0 Å². The Kier molecular flexibility index (Phi) is 7.12. The number of hydrogen-bond donors (Lipinski definition) is 3. The molecular weight excluding hydrogens is 368 g/mol. The third-order valence-electron chi connectivity index (χ3n) is 5.45. The van der Waals surface area contributed by atoms with E-state index in [4.69, 9.17) is 5.73 Å². The summed E-state index contributed by atoms with van der Waals surface area (Å²) in [4.78, 5) is 24.4. The summed E-state index contributed by atoms with van der Waals surface area (Å²) < 4.78 is 0.700. The number of carbonyl (C=O) groups is 2. The molecule has 2 unspecified atom stereocenters. The second-order valence-electron chi connectivity index (χ2n) is 7.20. The Balaban J connectivity index is 1.63. The fourth-order valence-corrected chi connectivity index (χ4v) is 7.07. The van der Waals surface area contributed by atoms with E-state index in [1.165, 1.54) is 30.8 Å². The number of carbonyl (C=O) groups excluding carboxylic acids is 2. The van der Waals surface area contributed by atoms with Gasteiger partial charge in [-0.15, -0.1) is 23.5 Å². The number of thioether (sulfide) groups is 2. The topological polar surface area (TPSA) is 92.4 Å². The lowest BCUT2D eigenvalue weighted by Crippen LogP contribution is -2.29. The van der Waals surface area contributed by atoms with Gasteiger partial charge in [0.15, 0.2) is 5.78 Å². The Bertz CT molecular complexity index is 600. The molecule has 0 spiro atoms. The number of aliphatic hydroxyl groups excluding tert-OH is 1. The zero-order chi connectivity index (χ0) is 18.5. The van der Waals surface area contributed by atoms with Crippen molar-refractivity contribution in [2.45, 2.75) is 49.1 Å². The summed E-state index contributed by atoms with van der Waals surface area (Å²) >= 11 is 4.11. The Morgan fingerprint density at radius 2 is 2.04 bits per heavy atom. The van der Waals surface area contributed by atoms with Gasteiger partial charge in [-0.2, -0.15) is 0 Å². The van der Waals surface area contributed by atoms with Crippen molar-refractivity contribution in [2.75, 3.05) is 18.1 Å². The zero-order valence-electron chi connectivity index (χ0n) is 15.0. The second kappa shape index (κ2) is 9.33. The number of Topliss-reactive ketones (excluding diaryl/α,β-unsaturated/α-hetero) is 1. The SMILES string of the molecule is NCCCC1NC(=O)C(=C(O)C=CC2CCC[C@@H]2CC2SCCS2)C1=O. The van der Waals surface area contributed by atoms with E-state index in [0.29, 0.717) is 35.8 Å². The first-order chi connectivity index (χ1) is 12.6. The van der Waals surface area contributed by atoms with Crippen LogP contribution in [0.25, 0.3) is 0 Å². The molecule has 0 aromatic rings. The van der Waals surface area contributed by atoms with E-state index >= 15 is 0 Å². The largest absolute Gasteiger partial charge is 0.507 e. The predicted molar refractivity (Wildman–Crippen MR) is 108 cm³/mol. The van der Waals surface area contributed by atoms with Crippen LogP contribution in [0.1, 0.15) is 38.5 Å². The van der Waals surface area contributed by atoms with Crippen molar-refractivity contribution < 1.29 is 14.7 Å². The van der Waals surface area contributed by atoms with Crippen LogP contribution in [0.3, 0.4) is 0 Å². The average Bonchev–Trinajstić information content (AvgIpc) is 3.34. The summed E-state index contributed by atoms with van der Waals surface area (Å²) in [6, 6.07) is -0.549. The first kappa shape index (κ1) is 19.8. The van der Waals surface area contributed by atoms with Crippen molar-refractivity contribution in [1.29, 1.82) is 0 Å². The average molecular weight is 397 g/mol. The monoisotopic (exact) mass is 396 g/mol. The van der Waals surface area contributed by atoms with Gasteiger partial charge in [-0.3, -0.25) is 9.59 Å². The smallest absolute Gasteiger partial charge is 0.259 e. The van der Waals surface area contributed by atoms with Crippen LogP contribution in [0.5, 0.6) is 0 Å². The summed E-state index contributed by atoms with van der Waals surface area (Å²) in [5.41, 5.74) is 5.37. The molecule has 26 heavy (non-hydrogen) atoms. The van der Waals surface area contributed by atoms with Gasteiger partial charge >= 0.3 is 0 Å². The Morgan fingerprint density at radius 1 is 1.27 bits per heavy atom. The van der Waals surface area contributed by atoms with Crippen molar-refractivity contribution in [2.24, 2.45) is 17.6 Å². The molecule has 0 radical (unpaired) electrons. The van der Waals surface area contributed by atoms with E-state index in [1.807, 2.05) is 6.08 Å². The molecule has 3 fully saturated rings. The molecule has 3 atom stereocenters. The highest BCUT2D eigenvalue weighted by molar-refractivity contribution is 8.20. The van der Waals surface area contributed by atoms with Gasteiger partial charge in [0, 0.05) is 11.5 Å². The molecule has 0 aromatic carbocycles. The van der Waals surface area contributed by atoms with Gasteiger partial charge in [0.2, 0.25) is 0 Å². The molecular formula is C19H28N2O3S2. The molecule has 7 heteroatoms. The van der Waals surface area contributed by atoms with Crippen LogP contribution < -0.4 is 11.1 Å². The van der Waals surface area contributed by atoms with Crippen molar-refractivity contribution in [1.82, 2.24) is 5.32 Å². The lowest BCUT2D eigenvalue weighted by Gasteiger charge is -2.19. The van der Waals surface area contributed by atoms with Crippen molar-refractivity contribution >= 4 is 35.2 Å². The van der Waals surface area contributed by atoms with E-state index in [0.717, 1.165) is 6.42 Å². The van der Waals surface area contributed by atoms with Gasteiger partial charge in [-0.1, -0.05) is 12.5 Å². The molecule has 2 aliphatic heterocycles. The maximum Gasteiger partial charge on any atom is 0.259 e. The Hall–Kier alpha value is -0.920. The highest BCUT2D eigenvalue weighted by Gasteiger charge is 2.37. The van der Waals surface area contributed by atoms with Gasteiger partial charge in [0.1, 0.15) is 11.3 Å². The first-order valence-electron chi connectivity index (χ1n) is 9.50. The maximum atomic E-state index is 12.4. The second-order valence-corrected chi connectivity index (χ2v) is 10.1. The number of nitrogens with one attached hydrogen (secondary N) is 1. The molecule has 144 valence electrons.